The van der Waals surface area contributed by atoms with Crippen molar-refractivity contribution in [1.29, 1.82) is 0 Å². The zero-order valence-electron chi connectivity index (χ0n) is 15.9. The van der Waals surface area contributed by atoms with E-state index in [-0.39, 0.29) is 5.91 Å². The Balaban J connectivity index is 1.74. The Morgan fingerprint density at radius 3 is 2.81 bits per heavy atom. The van der Waals surface area contributed by atoms with Crippen LogP contribution >= 0.6 is 23.1 Å². The van der Waals surface area contributed by atoms with Crippen molar-refractivity contribution >= 4 is 39.8 Å². The largest absolute Gasteiger partial charge is 0.274 e. The van der Waals surface area contributed by atoms with E-state index in [2.05, 4.69) is 33.2 Å². The van der Waals surface area contributed by atoms with Crippen LogP contribution in [0.1, 0.15) is 42.9 Å². The predicted octanol–water partition coefficient (Wildman–Crippen LogP) is 4.81. The molecule has 0 saturated carbocycles. The van der Waals surface area contributed by atoms with E-state index in [1.54, 1.807) is 23.6 Å². The molecule has 3 aromatic rings. The summed E-state index contributed by atoms with van der Waals surface area (Å²) in [6.45, 7) is 7.74. The van der Waals surface area contributed by atoms with Crippen molar-refractivity contribution in [2.24, 2.45) is 0 Å². The van der Waals surface area contributed by atoms with Crippen molar-refractivity contribution in [3.63, 3.8) is 0 Å². The van der Waals surface area contributed by atoms with E-state index in [0.717, 1.165) is 40.8 Å². The maximum atomic E-state index is 12.3. The first-order chi connectivity index (χ1) is 13.0. The maximum absolute atomic E-state index is 12.3. The molecule has 0 saturated heterocycles. The van der Waals surface area contributed by atoms with Gasteiger partial charge in [-0.3, -0.25) is 14.8 Å². The number of nitrogens with zero attached hydrogens (tertiary/aromatic N) is 4. The summed E-state index contributed by atoms with van der Waals surface area (Å²) in [6.07, 6.45) is 1.94. The Morgan fingerprint density at radius 2 is 2.11 bits per heavy atom. The summed E-state index contributed by atoms with van der Waals surface area (Å²) in [5.41, 5.74) is 4.02. The molecule has 142 valence electrons. The van der Waals surface area contributed by atoms with E-state index in [4.69, 9.17) is 0 Å². The third-order valence-corrected chi connectivity index (χ3v) is 5.74. The van der Waals surface area contributed by atoms with Crippen LogP contribution in [-0.2, 0) is 17.0 Å². The third-order valence-electron chi connectivity index (χ3n) is 3.99. The van der Waals surface area contributed by atoms with Crippen molar-refractivity contribution in [1.82, 2.24) is 20.2 Å². The summed E-state index contributed by atoms with van der Waals surface area (Å²) in [5.74, 6) is 1.53. The van der Waals surface area contributed by atoms with Crippen LogP contribution < -0.4 is 4.90 Å². The van der Waals surface area contributed by atoms with E-state index in [9.17, 15) is 4.79 Å². The molecule has 0 fully saturated rings. The monoisotopic (exact) mass is 401 g/mol. The number of rotatable bonds is 7. The van der Waals surface area contributed by atoms with Crippen LogP contribution in [-0.4, -0.2) is 26.1 Å². The lowest BCUT2D eigenvalue weighted by Crippen LogP contribution is -2.23. The second-order valence-corrected chi connectivity index (χ2v) is 8.15. The smallest absolute Gasteiger partial charge is 0.230 e. The fourth-order valence-electron chi connectivity index (χ4n) is 2.76. The summed E-state index contributed by atoms with van der Waals surface area (Å²) in [5, 5.41) is 10.6. The second-order valence-electron chi connectivity index (χ2n) is 6.37. The number of hydrogen-bond acceptors (Lipinski definition) is 6. The predicted molar refractivity (Wildman–Crippen MR) is 111 cm³/mol. The van der Waals surface area contributed by atoms with Gasteiger partial charge < -0.3 is 0 Å². The van der Waals surface area contributed by atoms with Crippen LogP contribution in [0.2, 0.25) is 0 Å². The van der Waals surface area contributed by atoms with Gasteiger partial charge in [0.2, 0.25) is 11.1 Å². The third kappa shape index (κ3) is 4.75. The number of H-pyrrole nitrogens is 1. The van der Waals surface area contributed by atoms with Gasteiger partial charge in [-0.25, -0.2) is 9.97 Å². The number of carbonyl (C=O) groups excluding carboxylic acids is 1. The molecule has 0 aliphatic heterocycles. The molecule has 8 heteroatoms. The number of anilines is 2. The average molecular weight is 402 g/mol. The minimum absolute atomic E-state index is 0.0475. The van der Waals surface area contributed by atoms with Gasteiger partial charge in [-0.2, -0.15) is 0 Å². The van der Waals surface area contributed by atoms with E-state index in [1.165, 1.54) is 16.9 Å². The van der Waals surface area contributed by atoms with Gasteiger partial charge in [0.05, 0.1) is 11.4 Å². The molecule has 6 nitrogen and oxygen atoms in total. The molecule has 0 atom stereocenters. The first kappa shape index (κ1) is 19.6. The number of carbonyl (C=O) groups is 1. The number of hydrogen-bond donors (Lipinski definition) is 1. The summed E-state index contributed by atoms with van der Waals surface area (Å²) in [4.78, 5) is 23.1. The molecule has 1 aromatic carbocycles. The van der Waals surface area contributed by atoms with Crippen LogP contribution in [0, 0.1) is 13.8 Å². The first-order valence-corrected chi connectivity index (χ1v) is 10.7. The lowest BCUT2D eigenvalue weighted by molar-refractivity contribution is -0.115. The van der Waals surface area contributed by atoms with Crippen LogP contribution in [0.5, 0.6) is 0 Å². The normalized spacial score (nSPS) is 11.0. The van der Waals surface area contributed by atoms with Crippen molar-refractivity contribution in [2.75, 3.05) is 4.90 Å². The fourth-order valence-corrected chi connectivity index (χ4v) is 4.45. The summed E-state index contributed by atoms with van der Waals surface area (Å²) in [6, 6.07) is 6.07. The average Bonchev–Trinajstić information content (AvgIpc) is 3.25. The zero-order chi connectivity index (χ0) is 19.4. The molecule has 27 heavy (non-hydrogen) atoms. The van der Waals surface area contributed by atoms with Crippen molar-refractivity contribution in [3.05, 3.63) is 46.2 Å². The van der Waals surface area contributed by atoms with Gasteiger partial charge in [0.25, 0.3) is 0 Å². The Kier molecular flexibility index (Phi) is 6.28. The molecular formula is C19H23N5OS2. The van der Waals surface area contributed by atoms with Crippen molar-refractivity contribution in [2.45, 2.75) is 51.4 Å². The summed E-state index contributed by atoms with van der Waals surface area (Å²) < 4.78 is 0. The maximum Gasteiger partial charge on any atom is 0.230 e. The SMILES string of the molecule is CCCc1nc(SCc2csc(N(C(C)=O)c3ccc(C)cc3C)n2)n[nH]1. The second kappa shape index (κ2) is 8.67. The number of amides is 1. The number of aryl methyl sites for hydroxylation is 3. The van der Waals surface area contributed by atoms with Gasteiger partial charge in [0, 0.05) is 24.5 Å². The molecule has 0 aliphatic rings. The number of nitrogens with one attached hydrogen (secondary N) is 1. The topological polar surface area (TPSA) is 74.8 Å². The Hall–Kier alpha value is -2.19. The zero-order valence-corrected chi connectivity index (χ0v) is 17.6. The molecule has 2 heterocycles. The summed E-state index contributed by atoms with van der Waals surface area (Å²) >= 11 is 3.02. The highest BCUT2D eigenvalue weighted by molar-refractivity contribution is 7.98. The van der Waals surface area contributed by atoms with Gasteiger partial charge in [0.15, 0.2) is 5.13 Å². The summed E-state index contributed by atoms with van der Waals surface area (Å²) in [7, 11) is 0. The highest BCUT2D eigenvalue weighted by Crippen LogP contribution is 2.32. The Bertz CT molecular complexity index is 934. The molecule has 0 bridgehead atoms. The lowest BCUT2D eigenvalue weighted by Gasteiger charge is -2.20. The highest BCUT2D eigenvalue weighted by atomic mass is 32.2. The van der Waals surface area contributed by atoms with Gasteiger partial charge >= 0.3 is 0 Å². The van der Waals surface area contributed by atoms with Crippen LogP contribution in [0.3, 0.4) is 0 Å². The highest BCUT2D eigenvalue weighted by Gasteiger charge is 2.20. The van der Waals surface area contributed by atoms with Gasteiger partial charge in [0.1, 0.15) is 5.82 Å². The molecule has 0 aliphatic carbocycles. The van der Waals surface area contributed by atoms with Crippen molar-refractivity contribution in [3.8, 4) is 0 Å². The molecule has 3 rings (SSSR count). The van der Waals surface area contributed by atoms with Crippen LogP contribution in [0.4, 0.5) is 10.8 Å². The van der Waals surface area contributed by atoms with Gasteiger partial charge in [-0.1, -0.05) is 36.4 Å². The Labute approximate surface area is 167 Å². The van der Waals surface area contributed by atoms with Gasteiger partial charge in [-0.15, -0.1) is 16.4 Å². The quantitative estimate of drug-likeness (QED) is 0.575. The van der Waals surface area contributed by atoms with Gasteiger partial charge in [-0.05, 0) is 31.9 Å². The minimum atomic E-state index is -0.0475. The molecule has 1 N–H and O–H groups in total. The molecule has 0 unspecified atom stereocenters. The van der Waals surface area contributed by atoms with Crippen LogP contribution in [0.25, 0.3) is 0 Å². The first-order valence-electron chi connectivity index (χ1n) is 8.84. The number of thioether (sulfide) groups is 1. The molecule has 1 amide bonds. The van der Waals surface area contributed by atoms with E-state index < -0.39 is 0 Å². The molecular weight excluding hydrogens is 378 g/mol. The number of aromatic nitrogens is 4. The van der Waals surface area contributed by atoms with E-state index in [1.807, 2.05) is 31.4 Å². The van der Waals surface area contributed by atoms with Crippen LogP contribution in [0.15, 0.2) is 28.7 Å². The Morgan fingerprint density at radius 1 is 1.30 bits per heavy atom. The van der Waals surface area contributed by atoms with Crippen molar-refractivity contribution < 1.29 is 4.79 Å². The standard InChI is InChI=1S/C19H23N5OS2/c1-5-6-17-21-18(23-22-17)26-10-15-11-27-19(20-15)24(14(4)25)16-8-7-12(2)9-13(16)3/h7-9,11H,5-6,10H2,1-4H3,(H,21,22,23). The number of aromatic amines is 1. The number of thiazole rings is 1. The minimum Gasteiger partial charge on any atom is -0.274 e. The number of benzene rings is 1. The lowest BCUT2D eigenvalue weighted by atomic mass is 10.1. The van der Waals surface area contributed by atoms with E-state index >= 15 is 0 Å². The van der Waals surface area contributed by atoms with E-state index in [0.29, 0.717) is 10.9 Å². The fraction of sp³-hybridized carbons (Fsp3) is 0.368. The molecule has 0 radical (unpaired) electrons. The molecule has 0 spiro atoms. The molecule has 2 aromatic heterocycles.